The second-order valence-electron chi connectivity index (χ2n) is 6.57. The Morgan fingerprint density at radius 2 is 2.12 bits per heavy atom. The Kier molecular flexibility index (Phi) is 4.21. The minimum absolute atomic E-state index is 0.0127. The number of nitrogens with one attached hydrogen (secondary N) is 3. The summed E-state index contributed by atoms with van der Waals surface area (Å²) >= 11 is 0. The van der Waals surface area contributed by atoms with Gasteiger partial charge in [0, 0.05) is 17.8 Å². The van der Waals surface area contributed by atoms with Crippen molar-refractivity contribution in [3.05, 3.63) is 41.2 Å². The molecule has 1 aromatic heterocycles. The molecule has 132 valence electrons. The highest BCUT2D eigenvalue weighted by molar-refractivity contribution is 5.74. The Morgan fingerprint density at radius 3 is 2.84 bits per heavy atom. The zero-order chi connectivity index (χ0) is 17.2. The van der Waals surface area contributed by atoms with Crippen LogP contribution < -0.4 is 20.1 Å². The molecule has 25 heavy (non-hydrogen) atoms. The van der Waals surface area contributed by atoms with E-state index in [1.54, 1.807) is 6.20 Å². The molecular weight excluding hydrogens is 320 g/mol. The number of hydrogen-bond donors (Lipinski definition) is 3. The number of carbonyl (C=O) groups excluding carboxylic acids is 1. The van der Waals surface area contributed by atoms with Gasteiger partial charge in [-0.1, -0.05) is 6.07 Å². The van der Waals surface area contributed by atoms with E-state index < -0.39 is 0 Å². The standard InChI is InChI=1S/C18H22N4O3/c1-11-14(10-20-22-11)9-19-18(23)21-17(12-2-3-12)13-4-5-15-16(8-13)25-7-6-24-15/h4-5,8,10,12,17H,2-3,6-7,9H2,1H3,(H,20,22)(H2,19,21,23)/t17-/m0/s1. The fourth-order valence-corrected chi connectivity index (χ4v) is 3.08. The molecule has 4 rings (SSSR count). The van der Waals surface area contributed by atoms with Gasteiger partial charge in [-0.15, -0.1) is 0 Å². The van der Waals surface area contributed by atoms with Gasteiger partial charge in [0.05, 0.1) is 12.2 Å². The van der Waals surface area contributed by atoms with Crippen molar-refractivity contribution in [1.82, 2.24) is 20.8 Å². The van der Waals surface area contributed by atoms with Gasteiger partial charge in [-0.05, 0) is 43.4 Å². The number of benzene rings is 1. The number of hydrogen-bond acceptors (Lipinski definition) is 4. The first-order chi connectivity index (χ1) is 12.2. The molecule has 1 aromatic carbocycles. The largest absolute Gasteiger partial charge is 0.486 e. The number of aromatic nitrogens is 2. The van der Waals surface area contributed by atoms with Gasteiger partial charge >= 0.3 is 6.03 Å². The van der Waals surface area contributed by atoms with Gasteiger partial charge < -0.3 is 20.1 Å². The number of carbonyl (C=O) groups is 1. The number of ether oxygens (including phenoxy) is 2. The zero-order valence-electron chi connectivity index (χ0n) is 14.2. The molecule has 1 atom stereocenters. The quantitative estimate of drug-likeness (QED) is 0.779. The second kappa shape index (κ2) is 6.66. The van der Waals surface area contributed by atoms with Crippen molar-refractivity contribution in [3.8, 4) is 11.5 Å². The first kappa shape index (κ1) is 15.8. The minimum Gasteiger partial charge on any atom is -0.486 e. The van der Waals surface area contributed by atoms with Gasteiger partial charge in [0.15, 0.2) is 11.5 Å². The summed E-state index contributed by atoms with van der Waals surface area (Å²) < 4.78 is 11.2. The lowest BCUT2D eigenvalue weighted by Gasteiger charge is -2.23. The van der Waals surface area contributed by atoms with E-state index in [9.17, 15) is 4.79 Å². The average Bonchev–Trinajstić information content (AvgIpc) is 3.39. The normalized spacial score (nSPS) is 17.0. The van der Waals surface area contributed by atoms with E-state index >= 15 is 0 Å². The van der Waals surface area contributed by atoms with E-state index in [4.69, 9.17) is 9.47 Å². The Hall–Kier alpha value is -2.70. The van der Waals surface area contributed by atoms with Gasteiger partial charge in [-0.25, -0.2) is 4.79 Å². The van der Waals surface area contributed by atoms with Crippen LogP contribution in [0, 0.1) is 12.8 Å². The highest BCUT2D eigenvalue weighted by Gasteiger charge is 2.34. The Labute approximate surface area is 146 Å². The fraction of sp³-hybridized carbons (Fsp3) is 0.444. The molecule has 3 N–H and O–H groups in total. The SMILES string of the molecule is Cc1[nH]ncc1CNC(=O)N[C@H](c1ccc2c(c1)OCCO2)C1CC1. The van der Waals surface area contributed by atoms with Crippen LogP contribution >= 0.6 is 0 Å². The molecular formula is C18H22N4O3. The predicted octanol–water partition coefficient (Wildman–Crippen LogP) is 2.44. The Balaban J connectivity index is 1.43. The number of amides is 2. The van der Waals surface area contributed by atoms with Crippen molar-refractivity contribution in [2.45, 2.75) is 32.4 Å². The van der Waals surface area contributed by atoms with Crippen LogP contribution in [0.15, 0.2) is 24.4 Å². The lowest BCUT2D eigenvalue weighted by atomic mass is 10.0. The summed E-state index contributed by atoms with van der Waals surface area (Å²) in [5.41, 5.74) is 3.00. The predicted molar refractivity (Wildman–Crippen MR) is 91.6 cm³/mol. The van der Waals surface area contributed by atoms with Gasteiger partial charge in [0.2, 0.25) is 0 Å². The first-order valence-corrected chi connectivity index (χ1v) is 8.63. The third kappa shape index (κ3) is 3.55. The van der Waals surface area contributed by atoms with Gasteiger partial charge in [-0.2, -0.15) is 5.10 Å². The molecule has 1 aliphatic heterocycles. The van der Waals surface area contributed by atoms with E-state index in [1.807, 2.05) is 25.1 Å². The van der Waals surface area contributed by atoms with Gasteiger partial charge in [0.25, 0.3) is 0 Å². The maximum Gasteiger partial charge on any atom is 0.315 e. The van der Waals surface area contributed by atoms with Crippen LogP contribution in [-0.2, 0) is 6.54 Å². The summed E-state index contributed by atoms with van der Waals surface area (Å²) in [4.78, 5) is 12.3. The molecule has 2 aromatic rings. The summed E-state index contributed by atoms with van der Waals surface area (Å²) in [5.74, 6) is 2.00. The smallest absolute Gasteiger partial charge is 0.315 e. The average molecular weight is 342 g/mol. The summed E-state index contributed by atoms with van der Waals surface area (Å²) in [7, 11) is 0. The van der Waals surface area contributed by atoms with Crippen molar-refractivity contribution in [1.29, 1.82) is 0 Å². The molecule has 7 nitrogen and oxygen atoms in total. The number of fused-ring (bicyclic) bond motifs is 1. The van der Waals surface area contributed by atoms with Crippen LogP contribution in [0.2, 0.25) is 0 Å². The number of aryl methyl sites for hydroxylation is 1. The third-order valence-electron chi connectivity index (χ3n) is 4.68. The topological polar surface area (TPSA) is 88.3 Å². The van der Waals surface area contributed by atoms with Crippen molar-refractivity contribution in [3.63, 3.8) is 0 Å². The molecule has 0 spiro atoms. The molecule has 0 bridgehead atoms. The summed E-state index contributed by atoms with van der Waals surface area (Å²) in [6, 6.07) is 5.73. The molecule has 2 aliphatic rings. The van der Waals surface area contributed by atoms with E-state index in [2.05, 4.69) is 20.8 Å². The minimum atomic E-state index is -0.174. The molecule has 0 unspecified atom stereocenters. The molecule has 1 aliphatic carbocycles. The third-order valence-corrected chi connectivity index (χ3v) is 4.68. The number of rotatable bonds is 5. The second-order valence-corrected chi connectivity index (χ2v) is 6.57. The summed E-state index contributed by atoms with van der Waals surface area (Å²) in [6.07, 6.45) is 3.98. The molecule has 2 amide bonds. The van der Waals surface area contributed by atoms with E-state index in [1.165, 1.54) is 0 Å². The van der Waals surface area contributed by atoms with Crippen LogP contribution in [0.4, 0.5) is 4.79 Å². The molecule has 2 heterocycles. The fourth-order valence-electron chi connectivity index (χ4n) is 3.08. The molecule has 0 saturated heterocycles. The lowest BCUT2D eigenvalue weighted by Crippen LogP contribution is -2.38. The Morgan fingerprint density at radius 1 is 1.32 bits per heavy atom. The number of H-pyrrole nitrogens is 1. The van der Waals surface area contributed by atoms with Gasteiger partial charge in [-0.3, -0.25) is 5.10 Å². The van der Waals surface area contributed by atoms with Crippen molar-refractivity contribution in [2.75, 3.05) is 13.2 Å². The molecule has 0 radical (unpaired) electrons. The monoisotopic (exact) mass is 342 g/mol. The van der Waals surface area contributed by atoms with E-state index in [0.717, 1.165) is 41.2 Å². The van der Waals surface area contributed by atoms with Crippen molar-refractivity contribution >= 4 is 6.03 Å². The van der Waals surface area contributed by atoms with E-state index in [-0.39, 0.29) is 12.1 Å². The van der Waals surface area contributed by atoms with Crippen molar-refractivity contribution in [2.24, 2.45) is 5.92 Å². The van der Waals surface area contributed by atoms with Crippen LogP contribution in [0.1, 0.15) is 35.7 Å². The molecule has 1 saturated carbocycles. The number of aromatic amines is 1. The summed E-state index contributed by atoms with van der Waals surface area (Å²) in [6.45, 7) is 3.52. The van der Waals surface area contributed by atoms with Crippen LogP contribution in [0.3, 0.4) is 0 Å². The van der Waals surface area contributed by atoms with Crippen LogP contribution in [-0.4, -0.2) is 29.4 Å². The zero-order valence-corrected chi connectivity index (χ0v) is 14.2. The lowest BCUT2D eigenvalue weighted by molar-refractivity contribution is 0.171. The maximum absolute atomic E-state index is 12.3. The molecule has 1 fully saturated rings. The maximum atomic E-state index is 12.3. The highest BCUT2D eigenvalue weighted by Crippen LogP contribution is 2.43. The Bertz CT molecular complexity index is 769. The van der Waals surface area contributed by atoms with Crippen LogP contribution in [0.5, 0.6) is 11.5 Å². The van der Waals surface area contributed by atoms with E-state index in [0.29, 0.717) is 25.7 Å². The van der Waals surface area contributed by atoms with Crippen LogP contribution in [0.25, 0.3) is 0 Å². The highest BCUT2D eigenvalue weighted by atomic mass is 16.6. The van der Waals surface area contributed by atoms with Crippen molar-refractivity contribution < 1.29 is 14.3 Å². The number of nitrogens with zero attached hydrogens (tertiary/aromatic N) is 1. The summed E-state index contributed by atoms with van der Waals surface area (Å²) in [5, 5.41) is 12.8. The molecule has 7 heteroatoms. The number of urea groups is 1. The van der Waals surface area contributed by atoms with Gasteiger partial charge in [0.1, 0.15) is 13.2 Å². The first-order valence-electron chi connectivity index (χ1n) is 8.63.